The second kappa shape index (κ2) is 10.9. The van der Waals surface area contributed by atoms with Gasteiger partial charge in [0.1, 0.15) is 0 Å². The first-order valence-corrected chi connectivity index (χ1v) is 15.3. The van der Waals surface area contributed by atoms with Crippen molar-refractivity contribution in [1.29, 1.82) is 0 Å². The van der Waals surface area contributed by atoms with Crippen molar-refractivity contribution in [2.75, 3.05) is 23.3 Å². The Labute approximate surface area is 233 Å². The number of ether oxygens (including phenoxy) is 2. The van der Waals surface area contributed by atoms with Crippen molar-refractivity contribution in [3.63, 3.8) is 0 Å². The topological polar surface area (TPSA) is 139 Å². The lowest BCUT2D eigenvalue weighted by Crippen LogP contribution is -2.40. The van der Waals surface area contributed by atoms with Crippen molar-refractivity contribution in [2.45, 2.75) is 77.2 Å². The van der Waals surface area contributed by atoms with Crippen LogP contribution >= 0.6 is 11.3 Å². The van der Waals surface area contributed by atoms with Crippen LogP contribution in [-0.4, -0.2) is 62.5 Å². The first kappa shape index (κ1) is 29.1. The molecule has 2 amide bonds. The molecule has 4 rings (SSSR count). The van der Waals surface area contributed by atoms with Gasteiger partial charge in [-0.05, 0) is 60.6 Å². The molecule has 214 valence electrons. The molecule has 1 aromatic carbocycles. The Morgan fingerprint density at radius 1 is 1.05 bits per heavy atom. The first-order valence-electron chi connectivity index (χ1n) is 13.0. The van der Waals surface area contributed by atoms with Crippen molar-refractivity contribution in [3.8, 4) is 10.4 Å². The molecule has 1 saturated heterocycles. The van der Waals surface area contributed by atoms with Gasteiger partial charge in [0.15, 0.2) is 5.13 Å². The summed E-state index contributed by atoms with van der Waals surface area (Å²) >= 11 is 1.40. The number of amides is 2. The summed E-state index contributed by atoms with van der Waals surface area (Å²) in [5, 5.41) is 6.33. The van der Waals surface area contributed by atoms with Gasteiger partial charge in [0.05, 0.1) is 22.0 Å². The lowest BCUT2D eigenvalue weighted by Gasteiger charge is -2.22. The minimum Gasteiger partial charge on any atom is -0.447 e. The fourth-order valence-electron chi connectivity index (χ4n) is 4.66. The lowest BCUT2D eigenvalue weighted by molar-refractivity contribution is 0.114. The van der Waals surface area contributed by atoms with E-state index in [9.17, 15) is 18.0 Å². The fraction of sp³-hybridized carbons (Fsp3) is 0.577. The van der Waals surface area contributed by atoms with Gasteiger partial charge in [0.2, 0.25) is 10.0 Å². The number of carbonyl (C=O) groups is 2. The lowest BCUT2D eigenvalue weighted by atomic mass is 10.1. The van der Waals surface area contributed by atoms with Crippen LogP contribution in [0.3, 0.4) is 0 Å². The van der Waals surface area contributed by atoms with Crippen LogP contribution in [-0.2, 0) is 19.5 Å². The predicted octanol–water partition coefficient (Wildman–Crippen LogP) is 4.41. The van der Waals surface area contributed by atoms with Crippen LogP contribution in [0.4, 0.5) is 20.4 Å². The summed E-state index contributed by atoms with van der Waals surface area (Å²) in [7, 11) is -3.95. The number of fused-ring (bicyclic) bond motifs is 1. The first-order chi connectivity index (χ1) is 18.1. The van der Waals surface area contributed by atoms with E-state index in [2.05, 4.69) is 25.2 Å². The largest absolute Gasteiger partial charge is 0.447 e. The zero-order chi connectivity index (χ0) is 28.7. The van der Waals surface area contributed by atoms with E-state index in [0.717, 1.165) is 18.2 Å². The third-order valence-electron chi connectivity index (χ3n) is 6.15. The molecular weight excluding hydrogens is 542 g/mol. The summed E-state index contributed by atoms with van der Waals surface area (Å²) in [6.45, 7) is 13.9. The van der Waals surface area contributed by atoms with E-state index < -0.39 is 21.7 Å². The highest BCUT2D eigenvalue weighted by Crippen LogP contribution is 2.48. The van der Waals surface area contributed by atoms with Crippen LogP contribution < -0.4 is 20.3 Å². The Balaban J connectivity index is 1.53. The SMILES string of the molecule is CC(C)OC(=O)Nc1ccc(-c2cnc(N3CC4[C@@H](C3)[C@@H]4NC(=O)OC(C)C)s2)c(S(=O)(=O)NC(C)(C)C)c1. The molecule has 1 unspecified atom stereocenters. The molecule has 0 bridgehead atoms. The maximum atomic E-state index is 13.4. The monoisotopic (exact) mass is 579 g/mol. The molecular formula is C26H37N5O6S2. The van der Waals surface area contributed by atoms with Crippen molar-refractivity contribution >= 4 is 44.4 Å². The molecule has 2 heterocycles. The van der Waals surface area contributed by atoms with E-state index >= 15 is 0 Å². The average Bonchev–Trinajstić information content (AvgIpc) is 3.17. The Bertz CT molecular complexity index is 1320. The van der Waals surface area contributed by atoms with Gasteiger partial charge in [-0.1, -0.05) is 17.4 Å². The van der Waals surface area contributed by atoms with E-state index in [1.54, 1.807) is 52.9 Å². The Morgan fingerprint density at radius 2 is 1.67 bits per heavy atom. The number of hydrogen-bond acceptors (Lipinski definition) is 9. The number of carbonyl (C=O) groups excluding carboxylic acids is 2. The number of piperidine rings is 1. The van der Waals surface area contributed by atoms with Crippen molar-refractivity contribution in [3.05, 3.63) is 24.4 Å². The van der Waals surface area contributed by atoms with E-state index in [-0.39, 0.29) is 29.2 Å². The minimum atomic E-state index is -3.95. The second-order valence-corrected chi connectivity index (χ2v) is 14.2. The van der Waals surface area contributed by atoms with E-state index in [1.165, 1.54) is 17.4 Å². The molecule has 1 aliphatic carbocycles. The van der Waals surface area contributed by atoms with Gasteiger partial charge in [-0.3, -0.25) is 5.32 Å². The number of aromatic nitrogens is 1. The molecule has 1 aliphatic heterocycles. The highest BCUT2D eigenvalue weighted by atomic mass is 32.2. The maximum absolute atomic E-state index is 13.4. The molecule has 1 aromatic heterocycles. The number of nitrogens with one attached hydrogen (secondary N) is 3. The number of thiazole rings is 1. The predicted molar refractivity (Wildman–Crippen MR) is 151 cm³/mol. The smallest absolute Gasteiger partial charge is 0.411 e. The Morgan fingerprint density at radius 3 is 2.26 bits per heavy atom. The van der Waals surface area contributed by atoms with Crippen molar-refractivity contribution in [1.82, 2.24) is 15.0 Å². The normalized spacial score (nSPS) is 20.6. The van der Waals surface area contributed by atoms with Gasteiger partial charge in [0.25, 0.3) is 0 Å². The number of sulfonamides is 1. The highest BCUT2D eigenvalue weighted by molar-refractivity contribution is 7.89. The maximum Gasteiger partial charge on any atom is 0.411 e. The number of rotatable bonds is 8. The summed E-state index contributed by atoms with van der Waals surface area (Å²) in [5.74, 6) is 0.667. The number of alkyl carbamates (subject to hydrolysis) is 1. The summed E-state index contributed by atoms with van der Waals surface area (Å²) in [5.41, 5.74) is 0.0775. The summed E-state index contributed by atoms with van der Waals surface area (Å²) < 4.78 is 39.9. The molecule has 0 radical (unpaired) electrons. The van der Waals surface area contributed by atoms with Crippen LogP contribution in [0, 0.1) is 11.8 Å². The van der Waals surface area contributed by atoms with Gasteiger partial charge >= 0.3 is 12.2 Å². The summed E-state index contributed by atoms with van der Waals surface area (Å²) in [4.78, 5) is 31.5. The van der Waals surface area contributed by atoms with Crippen LogP contribution in [0.25, 0.3) is 10.4 Å². The number of hydrogen-bond donors (Lipinski definition) is 3. The Hall–Kier alpha value is -2.90. The van der Waals surface area contributed by atoms with Gasteiger partial charge in [-0.2, -0.15) is 0 Å². The highest BCUT2D eigenvalue weighted by Gasteiger charge is 2.57. The molecule has 2 aromatic rings. The van der Waals surface area contributed by atoms with E-state index in [1.807, 2.05) is 13.8 Å². The second-order valence-electron chi connectivity index (χ2n) is 11.5. The summed E-state index contributed by atoms with van der Waals surface area (Å²) in [6, 6.07) is 4.85. The molecule has 2 aliphatic rings. The molecule has 0 spiro atoms. The van der Waals surface area contributed by atoms with Gasteiger partial charge in [-0.15, -0.1) is 0 Å². The third kappa shape index (κ3) is 7.20. The van der Waals surface area contributed by atoms with E-state index in [4.69, 9.17) is 9.47 Å². The van der Waals surface area contributed by atoms with E-state index in [0.29, 0.717) is 28.0 Å². The minimum absolute atomic E-state index is 0.0344. The van der Waals surface area contributed by atoms with Gasteiger partial charge in [-0.25, -0.2) is 27.7 Å². The van der Waals surface area contributed by atoms with Crippen LogP contribution in [0.5, 0.6) is 0 Å². The zero-order valence-electron chi connectivity index (χ0n) is 23.3. The van der Waals surface area contributed by atoms with Crippen LogP contribution in [0.1, 0.15) is 48.5 Å². The molecule has 39 heavy (non-hydrogen) atoms. The average molecular weight is 580 g/mol. The van der Waals surface area contributed by atoms with Crippen molar-refractivity contribution in [2.24, 2.45) is 11.8 Å². The molecule has 2 fully saturated rings. The van der Waals surface area contributed by atoms with Crippen molar-refractivity contribution < 1.29 is 27.5 Å². The Kier molecular flexibility index (Phi) is 8.16. The molecule has 11 nitrogen and oxygen atoms in total. The number of anilines is 2. The molecule has 13 heteroatoms. The summed E-state index contributed by atoms with van der Waals surface area (Å²) in [6.07, 6.45) is 0.135. The molecule has 1 saturated carbocycles. The fourth-order valence-corrected chi connectivity index (χ4v) is 7.37. The third-order valence-corrected chi connectivity index (χ3v) is 9.04. The van der Waals surface area contributed by atoms with Gasteiger partial charge in [0, 0.05) is 54.0 Å². The van der Waals surface area contributed by atoms with Gasteiger partial charge < -0.3 is 19.7 Å². The zero-order valence-corrected chi connectivity index (χ0v) is 24.9. The van der Waals surface area contributed by atoms with Crippen LogP contribution in [0.15, 0.2) is 29.3 Å². The van der Waals surface area contributed by atoms with Crippen LogP contribution in [0.2, 0.25) is 0 Å². The standard InChI is InChI=1S/C26H37N5O6S2/c1-14(2)36-24(32)28-16-8-9-17(21(10-16)39(34,35)30-26(5,6)7)20-11-27-23(38-20)31-12-18-19(13-31)22(18)29-25(33)37-15(3)4/h8-11,14-15,18-19,22,30H,12-13H2,1-7H3,(H,28,32)(H,29,33)/t18-,19?,22+/m1/s1. The quantitative estimate of drug-likeness (QED) is 0.418. The number of nitrogens with zero attached hydrogens (tertiary/aromatic N) is 2. The number of benzene rings is 1. The molecule has 3 atom stereocenters. The molecule has 3 N–H and O–H groups in total.